The summed E-state index contributed by atoms with van der Waals surface area (Å²) in [6, 6.07) is 12.7. The zero-order valence-corrected chi connectivity index (χ0v) is 17.0. The monoisotopic (exact) mass is 406 g/mol. The Morgan fingerprint density at radius 1 is 1.17 bits per heavy atom. The number of furan rings is 2. The van der Waals surface area contributed by atoms with E-state index in [1.807, 2.05) is 37.3 Å². The van der Waals surface area contributed by atoms with Gasteiger partial charge in [0.15, 0.2) is 6.61 Å². The second-order valence-corrected chi connectivity index (χ2v) is 7.29. The standard InChI is InChI=1S/C23H22N2O5/c1-14-6-8-17(9-7-14)19-12-20(21-5-4-10-28-21)25(24-19)22(26)13-29-23(27)18-11-15(2)30-16(18)3/h4-11,20H,12-13H2,1-3H3. The van der Waals surface area contributed by atoms with Gasteiger partial charge in [-0.1, -0.05) is 29.8 Å². The number of rotatable bonds is 5. The van der Waals surface area contributed by atoms with Crippen molar-refractivity contribution in [2.24, 2.45) is 5.10 Å². The smallest absolute Gasteiger partial charge is 0.342 e. The summed E-state index contributed by atoms with van der Waals surface area (Å²) in [5.41, 5.74) is 3.17. The van der Waals surface area contributed by atoms with E-state index >= 15 is 0 Å². The van der Waals surface area contributed by atoms with E-state index in [0.29, 0.717) is 29.3 Å². The molecule has 1 aromatic carbocycles. The number of aryl methyl sites for hydroxylation is 3. The van der Waals surface area contributed by atoms with Crippen LogP contribution >= 0.6 is 0 Å². The molecule has 0 N–H and O–H groups in total. The van der Waals surface area contributed by atoms with Crippen molar-refractivity contribution in [3.05, 3.63) is 82.7 Å². The molecule has 1 aliphatic rings. The van der Waals surface area contributed by atoms with Crippen LogP contribution in [-0.2, 0) is 9.53 Å². The Balaban J connectivity index is 1.52. The van der Waals surface area contributed by atoms with E-state index in [1.54, 1.807) is 32.2 Å². The molecule has 154 valence electrons. The highest BCUT2D eigenvalue weighted by atomic mass is 16.5. The van der Waals surface area contributed by atoms with Crippen molar-refractivity contribution >= 4 is 17.6 Å². The second kappa shape index (κ2) is 8.02. The number of hydrazone groups is 1. The van der Waals surface area contributed by atoms with Crippen LogP contribution in [0.2, 0.25) is 0 Å². The molecule has 4 rings (SSSR count). The van der Waals surface area contributed by atoms with Crippen molar-refractivity contribution in [1.82, 2.24) is 5.01 Å². The number of amides is 1. The quantitative estimate of drug-likeness (QED) is 0.589. The first-order valence-corrected chi connectivity index (χ1v) is 9.66. The molecule has 1 amide bonds. The van der Waals surface area contributed by atoms with Crippen molar-refractivity contribution in [2.75, 3.05) is 6.61 Å². The van der Waals surface area contributed by atoms with Gasteiger partial charge in [0.1, 0.15) is 28.9 Å². The van der Waals surface area contributed by atoms with Gasteiger partial charge in [0.25, 0.3) is 5.91 Å². The second-order valence-electron chi connectivity index (χ2n) is 7.29. The number of hydrogen-bond acceptors (Lipinski definition) is 6. The summed E-state index contributed by atoms with van der Waals surface area (Å²) in [5, 5.41) is 5.87. The largest absolute Gasteiger partial charge is 0.467 e. The van der Waals surface area contributed by atoms with Crippen LogP contribution in [0.3, 0.4) is 0 Å². The van der Waals surface area contributed by atoms with Gasteiger partial charge in [-0.3, -0.25) is 4.79 Å². The number of carbonyl (C=O) groups is 2. The Morgan fingerprint density at radius 2 is 1.93 bits per heavy atom. The average Bonchev–Trinajstić information content (AvgIpc) is 3.45. The minimum atomic E-state index is -0.603. The van der Waals surface area contributed by atoms with Gasteiger partial charge in [-0.2, -0.15) is 5.10 Å². The summed E-state index contributed by atoms with van der Waals surface area (Å²) in [7, 11) is 0. The lowest BCUT2D eigenvalue weighted by molar-refractivity contribution is -0.136. The molecule has 3 aromatic rings. The van der Waals surface area contributed by atoms with Crippen molar-refractivity contribution in [3.8, 4) is 0 Å². The minimum Gasteiger partial charge on any atom is -0.467 e. The van der Waals surface area contributed by atoms with E-state index in [0.717, 1.165) is 16.8 Å². The third-order valence-corrected chi connectivity index (χ3v) is 5.01. The third kappa shape index (κ3) is 3.91. The van der Waals surface area contributed by atoms with Crippen LogP contribution in [0.5, 0.6) is 0 Å². The molecule has 1 unspecified atom stereocenters. The number of nitrogens with zero attached hydrogens (tertiary/aromatic N) is 2. The van der Waals surface area contributed by atoms with Crippen LogP contribution in [0.15, 0.2) is 62.7 Å². The molecule has 2 aromatic heterocycles. The molecule has 30 heavy (non-hydrogen) atoms. The molecule has 0 saturated carbocycles. The van der Waals surface area contributed by atoms with E-state index in [1.165, 1.54) is 5.01 Å². The first-order chi connectivity index (χ1) is 14.4. The summed E-state index contributed by atoms with van der Waals surface area (Å²) in [4.78, 5) is 25.2. The topological polar surface area (TPSA) is 85.3 Å². The number of hydrogen-bond donors (Lipinski definition) is 0. The van der Waals surface area contributed by atoms with Gasteiger partial charge in [0.05, 0.1) is 12.0 Å². The van der Waals surface area contributed by atoms with Crippen LogP contribution in [0.4, 0.5) is 0 Å². The molecule has 1 atom stereocenters. The fourth-order valence-electron chi connectivity index (χ4n) is 3.47. The molecule has 0 saturated heterocycles. The molecular formula is C23H22N2O5. The van der Waals surface area contributed by atoms with Crippen molar-refractivity contribution < 1.29 is 23.2 Å². The molecule has 0 spiro atoms. The maximum absolute atomic E-state index is 12.9. The highest BCUT2D eigenvalue weighted by Crippen LogP contribution is 2.33. The van der Waals surface area contributed by atoms with E-state index < -0.39 is 18.5 Å². The molecule has 7 heteroatoms. The summed E-state index contributed by atoms with van der Waals surface area (Å²) in [5.74, 6) is 0.663. The van der Waals surface area contributed by atoms with Gasteiger partial charge in [-0.25, -0.2) is 9.80 Å². The van der Waals surface area contributed by atoms with E-state index in [-0.39, 0.29) is 6.04 Å². The summed E-state index contributed by atoms with van der Waals surface area (Å²) >= 11 is 0. The van der Waals surface area contributed by atoms with Crippen LogP contribution < -0.4 is 0 Å². The first-order valence-electron chi connectivity index (χ1n) is 9.66. The highest BCUT2D eigenvalue weighted by molar-refractivity contribution is 6.03. The molecule has 0 radical (unpaired) electrons. The van der Waals surface area contributed by atoms with Gasteiger partial charge >= 0.3 is 5.97 Å². The van der Waals surface area contributed by atoms with E-state index in [2.05, 4.69) is 5.10 Å². The molecule has 0 bridgehead atoms. The summed E-state index contributed by atoms with van der Waals surface area (Å²) < 4.78 is 16.1. The number of carbonyl (C=O) groups excluding carboxylic acids is 2. The lowest BCUT2D eigenvalue weighted by Gasteiger charge is -2.19. The number of esters is 1. The van der Waals surface area contributed by atoms with Crippen LogP contribution in [0.25, 0.3) is 0 Å². The van der Waals surface area contributed by atoms with Gasteiger partial charge in [-0.05, 0) is 44.5 Å². The van der Waals surface area contributed by atoms with E-state index in [4.69, 9.17) is 13.6 Å². The van der Waals surface area contributed by atoms with Gasteiger partial charge < -0.3 is 13.6 Å². The third-order valence-electron chi connectivity index (χ3n) is 5.01. The molecule has 1 aliphatic heterocycles. The maximum Gasteiger partial charge on any atom is 0.342 e. The normalized spacial score (nSPS) is 15.9. The van der Waals surface area contributed by atoms with Crippen LogP contribution in [0, 0.1) is 20.8 Å². The Labute approximate surface area is 173 Å². The van der Waals surface area contributed by atoms with Gasteiger partial charge in [0, 0.05) is 6.42 Å². The zero-order chi connectivity index (χ0) is 21.3. The fraction of sp³-hybridized carbons (Fsp3) is 0.261. The highest BCUT2D eigenvalue weighted by Gasteiger charge is 2.35. The molecule has 0 aliphatic carbocycles. The predicted molar refractivity (Wildman–Crippen MR) is 109 cm³/mol. The summed E-state index contributed by atoms with van der Waals surface area (Å²) in [6.07, 6.45) is 2.07. The average molecular weight is 406 g/mol. The van der Waals surface area contributed by atoms with Crippen molar-refractivity contribution in [1.29, 1.82) is 0 Å². The Hall–Kier alpha value is -3.61. The molecule has 7 nitrogen and oxygen atoms in total. The number of ether oxygens (including phenoxy) is 1. The predicted octanol–water partition coefficient (Wildman–Crippen LogP) is 4.33. The molecular weight excluding hydrogens is 384 g/mol. The lowest BCUT2D eigenvalue weighted by atomic mass is 10.0. The van der Waals surface area contributed by atoms with Crippen molar-refractivity contribution in [3.63, 3.8) is 0 Å². The van der Waals surface area contributed by atoms with Crippen molar-refractivity contribution in [2.45, 2.75) is 33.2 Å². The molecule has 0 fully saturated rings. The maximum atomic E-state index is 12.9. The first kappa shape index (κ1) is 19.7. The Bertz CT molecular complexity index is 1090. The Kier molecular flexibility index (Phi) is 5.27. The summed E-state index contributed by atoms with van der Waals surface area (Å²) in [6.45, 7) is 5.01. The fourth-order valence-corrected chi connectivity index (χ4v) is 3.47. The number of benzene rings is 1. The lowest BCUT2D eigenvalue weighted by Crippen LogP contribution is -2.31. The van der Waals surface area contributed by atoms with Crippen LogP contribution in [0.1, 0.15) is 51.2 Å². The minimum absolute atomic E-state index is 0.313. The van der Waals surface area contributed by atoms with Crippen LogP contribution in [-0.4, -0.2) is 29.2 Å². The van der Waals surface area contributed by atoms with E-state index in [9.17, 15) is 9.59 Å². The van der Waals surface area contributed by atoms with Gasteiger partial charge in [0.2, 0.25) is 0 Å². The zero-order valence-electron chi connectivity index (χ0n) is 17.0. The molecule has 3 heterocycles. The Morgan fingerprint density at radius 3 is 2.57 bits per heavy atom. The van der Waals surface area contributed by atoms with Gasteiger partial charge in [-0.15, -0.1) is 0 Å². The SMILES string of the molecule is Cc1ccc(C2=NN(C(=O)COC(=O)c3cc(C)oc3C)C(c3ccco3)C2)cc1.